The van der Waals surface area contributed by atoms with E-state index in [1.165, 1.54) is 18.2 Å². The summed E-state index contributed by atoms with van der Waals surface area (Å²) in [5.74, 6) is -1.55. The fourth-order valence-electron chi connectivity index (χ4n) is 2.32. The van der Waals surface area contributed by atoms with E-state index in [0.29, 0.717) is 0 Å². The molecule has 0 fully saturated rings. The average molecular weight is 350 g/mol. The first-order valence-electron chi connectivity index (χ1n) is 7.06. The van der Waals surface area contributed by atoms with Crippen molar-refractivity contribution in [1.82, 2.24) is 4.98 Å². The summed E-state index contributed by atoms with van der Waals surface area (Å²) in [6.45, 7) is 0. The van der Waals surface area contributed by atoms with Crippen LogP contribution in [0.1, 0.15) is 15.9 Å². The maximum absolute atomic E-state index is 13.6. The standard InChI is InChI=1S/C17H10F4N2O2/c18-12-3-1-2-4-13(12)23-16(25)11-8-22-14-7-9(17(19,20)21)5-6-10(14)15(11)24/h1-8H,(H,22,24)(H,23,25). The summed E-state index contributed by atoms with van der Waals surface area (Å²) >= 11 is 0. The molecule has 0 atom stereocenters. The second-order valence-electron chi connectivity index (χ2n) is 5.22. The lowest BCUT2D eigenvalue weighted by Gasteiger charge is -2.09. The van der Waals surface area contributed by atoms with Crippen molar-refractivity contribution in [2.45, 2.75) is 6.18 Å². The van der Waals surface area contributed by atoms with Gasteiger partial charge in [0.05, 0.1) is 11.3 Å². The highest BCUT2D eigenvalue weighted by Gasteiger charge is 2.30. The number of halogens is 4. The molecule has 0 saturated heterocycles. The van der Waals surface area contributed by atoms with Crippen molar-refractivity contribution < 1.29 is 22.4 Å². The molecule has 4 nitrogen and oxygen atoms in total. The molecule has 0 spiro atoms. The van der Waals surface area contributed by atoms with Crippen molar-refractivity contribution in [3.8, 4) is 0 Å². The number of carbonyl (C=O) groups excluding carboxylic acids is 1. The Hall–Kier alpha value is -3.16. The third kappa shape index (κ3) is 3.23. The van der Waals surface area contributed by atoms with Gasteiger partial charge in [-0.05, 0) is 30.3 Å². The molecule has 128 valence electrons. The second-order valence-corrected chi connectivity index (χ2v) is 5.22. The summed E-state index contributed by atoms with van der Waals surface area (Å²) in [4.78, 5) is 27.0. The summed E-state index contributed by atoms with van der Waals surface area (Å²) in [7, 11) is 0. The minimum Gasteiger partial charge on any atom is -0.360 e. The van der Waals surface area contributed by atoms with Crippen molar-refractivity contribution in [2.24, 2.45) is 0 Å². The molecule has 2 N–H and O–H groups in total. The molecule has 0 saturated carbocycles. The Morgan fingerprint density at radius 3 is 2.48 bits per heavy atom. The van der Waals surface area contributed by atoms with Crippen molar-refractivity contribution in [3.05, 3.63) is 75.8 Å². The lowest BCUT2D eigenvalue weighted by molar-refractivity contribution is -0.137. The van der Waals surface area contributed by atoms with Crippen molar-refractivity contribution in [2.75, 3.05) is 5.32 Å². The van der Waals surface area contributed by atoms with Gasteiger partial charge in [-0.15, -0.1) is 0 Å². The lowest BCUT2D eigenvalue weighted by Crippen LogP contribution is -2.22. The Morgan fingerprint density at radius 1 is 1.08 bits per heavy atom. The number of hydrogen-bond donors (Lipinski definition) is 2. The van der Waals surface area contributed by atoms with Gasteiger partial charge in [0.15, 0.2) is 0 Å². The molecule has 0 unspecified atom stereocenters. The molecule has 3 rings (SSSR count). The van der Waals surface area contributed by atoms with Gasteiger partial charge in [-0.25, -0.2) is 4.39 Å². The van der Waals surface area contributed by atoms with E-state index in [-0.39, 0.29) is 22.2 Å². The highest BCUT2D eigenvalue weighted by Crippen LogP contribution is 2.30. The topological polar surface area (TPSA) is 62.0 Å². The van der Waals surface area contributed by atoms with Crippen LogP contribution in [0.15, 0.2) is 53.5 Å². The van der Waals surface area contributed by atoms with E-state index < -0.39 is 28.9 Å². The highest BCUT2D eigenvalue weighted by molar-refractivity contribution is 6.05. The number of benzene rings is 2. The summed E-state index contributed by atoms with van der Waals surface area (Å²) in [5, 5.41) is 2.18. The molecule has 0 bridgehead atoms. The molecule has 1 aromatic heterocycles. The number of nitrogens with one attached hydrogen (secondary N) is 2. The number of para-hydroxylation sites is 1. The number of H-pyrrole nitrogens is 1. The van der Waals surface area contributed by atoms with E-state index in [9.17, 15) is 27.2 Å². The number of anilines is 1. The Kier molecular flexibility index (Phi) is 4.03. The van der Waals surface area contributed by atoms with Crippen LogP contribution in [-0.2, 0) is 6.18 Å². The summed E-state index contributed by atoms with van der Waals surface area (Å²) in [5.41, 5.74) is -2.17. The van der Waals surface area contributed by atoms with Gasteiger partial charge in [-0.2, -0.15) is 13.2 Å². The predicted molar refractivity (Wildman–Crippen MR) is 83.9 cm³/mol. The van der Waals surface area contributed by atoms with Crippen LogP contribution in [0.4, 0.5) is 23.2 Å². The Bertz CT molecular complexity index is 1030. The van der Waals surface area contributed by atoms with Crippen LogP contribution >= 0.6 is 0 Å². The number of pyridine rings is 1. The normalized spacial score (nSPS) is 11.5. The first kappa shape index (κ1) is 16.7. The number of aromatic amines is 1. The number of carbonyl (C=O) groups is 1. The number of hydrogen-bond acceptors (Lipinski definition) is 2. The molecule has 2 aromatic carbocycles. The molecule has 1 amide bonds. The summed E-state index contributed by atoms with van der Waals surface area (Å²) in [6.07, 6.45) is -3.55. The molecule has 8 heteroatoms. The van der Waals surface area contributed by atoms with Gasteiger partial charge in [0.25, 0.3) is 5.91 Å². The fraction of sp³-hybridized carbons (Fsp3) is 0.0588. The predicted octanol–water partition coefficient (Wildman–Crippen LogP) is 3.94. The van der Waals surface area contributed by atoms with E-state index in [2.05, 4.69) is 10.3 Å². The minimum absolute atomic E-state index is 0.0535. The molecular weight excluding hydrogens is 340 g/mol. The van der Waals surface area contributed by atoms with Gasteiger partial charge in [0.2, 0.25) is 5.43 Å². The van der Waals surface area contributed by atoms with Crippen LogP contribution < -0.4 is 10.7 Å². The highest BCUT2D eigenvalue weighted by atomic mass is 19.4. The Morgan fingerprint density at radius 2 is 1.80 bits per heavy atom. The zero-order valence-electron chi connectivity index (χ0n) is 12.4. The van der Waals surface area contributed by atoms with Crippen molar-refractivity contribution in [1.29, 1.82) is 0 Å². The molecule has 0 aliphatic carbocycles. The van der Waals surface area contributed by atoms with E-state index in [4.69, 9.17) is 0 Å². The van der Waals surface area contributed by atoms with Crippen molar-refractivity contribution >= 4 is 22.5 Å². The largest absolute Gasteiger partial charge is 0.416 e. The zero-order chi connectivity index (χ0) is 18.2. The van der Waals surface area contributed by atoms with Gasteiger partial charge in [0, 0.05) is 17.1 Å². The van der Waals surface area contributed by atoms with Crippen LogP contribution in [-0.4, -0.2) is 10.9 Å². The molecule has 0 aliphatic heterocycles. The van der Waals surface area contributed by atoms with Crippen LogP contribution in [0, 0.1) is 5.82 Å². The molecule has 25 heavy (non-hydrogen) atoms. The van der Waals surface area contributed by atoms with Crippen LogP contribution in [0.5, 0.6) is 0 Å². The van der Waals surface area contributed by atoms with Gasteiger partial charge in [-0.1, -0.05) is 12.1 Å². The van der Waals surface area contributed by atoms with E-state index in [1.54, 1.807) is 0 Å². The average Bonchev–Trinajstić information content (AvgIpc) is 2.56. The first-order valence-corrected chi connectivity index (χ1v) is 7.06. The third-order valence-corrected chi connectivity index (χ3v) is 3.57. The van der Waals surface area contributed by atoms with E-state index in [1.807, 2.05) is 0 Å². The summed E-state index contributed by atoms with van der Waals surface area (Å²) < 4.78 is 51.7. The number of aromatic nitrogens is 1. The van der Waals surface area contributed by atoms with Crippen LogP contribution in [0.25, 0.3) is 10.9 Å². The molecular formula is C17H10F4N2O2. The number of amides is 1. The summed E-state index contributed by atoms with van der Waals surface area (Å²) in [6, 6.07) is 7.94. The molecule has 0 aliphatic rings. The first-order chi connectivity index (χ1) is 11.8. The second kappa shape index (κ2) is 6.04. The quantitative estimate of drug-likeness (QED) is 0.688. The Labute approximate surface area is 138 Å². The SMILES string of the molecule is O=C(Nc1ccccc1F)c1c[nH]c2cc(C(F)(F)F)ccc2c1=O. The fourth-order valence-corrected chi connectivity index (χ4v) is 2.32. The van der Waals surface area contributed by atoms with Crippen molar-refractivity contribution in [3.63, 3.8) is 0 Å². The molecule has 0 radical (unpaired) electrons. The minimum atomic E-state index is -4.55. The smallest absolute Gasteiger partial charge is 0.360 e. The van der Waals surface area contributed by atoms with Gasteiger partial charge >= 0.3 is 6.18 Å². The van der Waals surface area contributed by atoms with Crippen LogP contribution in [0.3, 0.4) is 0 Å². The third-order valence-electron chi connectivity index (χ3n) is 3.57. The molecule has 1 heterocycles. The number of alkyl halides is 3. The monoisotopic (exact) mass is 350 g/mol. The lowest BCUT2D eigenvalue weighted by atomic mass is 10.1. The number of rotatable bonds is 2. The maximum atomic E-state index is 13.6. The zero-order valence-corrected chi connectivity index (χ0v) is 12.4. The Balaban J connectivity index is 2.00. The van der Waals surface area contributed by atoms with Gasteiger partial charge in [0.1, 0.15) is 11.4 Å². The number of fused-ring (bicyclic) bond motifs is 1. The molecule has 3 aromatic rings. The van der Waals surface area contributed by atoms with Gasteiger partial charge < -0.3 is 10.3 Å². The van der Waals surface area contributed by atoms with Gasteiger partial charge in [-0.3, -0.25) is 9.59 Å². The van der Waals surface area contributed by atoms with E-state index >= 15 is 0 Å². The van der Waals surface area contributed by atoms with Crippen LogP contribution in [0.2, 0.25) is 0 Å². The van der Waals surface area contributed by atoms with E-state index in [0.717, 1.165) is 30.5 Å². The maximum Gasteiger partial charge on any atom is 0.416 e.